The number of aliphatic hydroxyl groups is 1. The first-order valence-corrected chi connectivity index (χ1v) is 9.08. The lowest BCUT2D eigenvalue weighted by Gasteiger charge is -2.28. The normalized spacial score (nSPS) is 26.7. The Hall–Kier alpha value is -0.970. The van der Waals surface area contributed by atoms with E-state index in [0.29, 0.717) is 12.1 Å². The molecule has 3 rings (SSSR count). The quantitative estimate of drug-likeness (QED) is 0.831. The second kappa shape index (κ2) is 7.07. The van der Waals surface area contributed by atoms with E-state index in [1.165, 1.54) is 16.2 Å². The SMILES string of the molecule is CC(C)N1CC(NC2CCC(O)CC2)=C(c2ccccc2)S1. The first kappa shape index (κ1) is 15.9. The third-order valence-electron chi connectivity index (χ3n) is 4.48. The summed E-state index contributed by atoms with van der Waals surface area (Å²) in [5.74, 6) is 0. The highest BCUT2D eigenvalue weighted by Gasteiger charge is 2.28. The lowest BCUT2D eigenvalue weighted by atomic mass is 9.93. The Morgan fingerprint density at radius 2 is 1.82 bits per heavy atom. The van der Waals surface area contributed by atoms with E-state index in [-0.39, 0.29) is 6.10 Å². The van der Waals surface area contributed by atoms with Gasteiger partial charge in [-0.25, -0.2) is 4.31 Å². The van der Waals surface area contributed by atoms with Crippen LogP contribution in [0.1, 0.15) is 45.1 Å². The third-order valence-corrected chi connectivity index (χ3v) is 5.93. The number of rotatable bonds is 4. The van der Waals surface area contributed by atoms with Crippen molar-refractivity contribution in [2.45, 2.75) is 57.7 Å². The molecule has 1 aliphatic heterocycles. The summed E-state index contributed by atoms with van der Waals surface area (Å²) in [4.78, 5) is 1.36. The standard InChI is InChI=1S/C18H26N2OS/c1-13(2)20-12-17(19-15-8-10-16(21)11-9-15)18(22-20)14-6-4-3-5-7-14/h3-7,13,15-16,19,21H,8-12H2,1-2H3. The maximum absolute atomic E-state index is 9.68. The van der Waals surface area contributed by atoms with E-state index in [1.54, 1.807) is 0 Å². The predicted molar refractivity (Wildman–Crippen MR) is 94.2 cm³/mol. The highest BCUT2D eigenvalue weighted by atomic mass is 32.2. The molecule has 4 heteroatoms. The van der Waals surface area contributed by atoms with Crippen LogP contribution in [0.2, 0.25) is 0 Å². The van der Waals surface area contributed by atoms with Crippen LogP contribution in [0.4, 0.5) is 0 Å². The molecular weight excluding hydrogens is 292 g/mol. The fourth-order valence-electron chi connectivity index (χ4n) is 3.11. The summed E-state index contributed by atoms with van der Waals surface area (Å²) in [6, 6.07) is 11.7. The van der Waals surface area contributed by atoms with Gasteiger partial charge in [0.1, 0.15) is 0 Å². The zero-order valence-corrected chi connectivity index (χ0v) is 14.3. The van der Waals surface area contributed by atoms with Crippen LogP contribution in [0, 0.1) is 0 Å². The molecule has 0 radical (unpaired) electrons. The zero-order valence-electron chi connectivity index (χ0n) is 13.5. The van der Waals surface area contributed by atoms with Gasteiger partial charge in [0.05, 0.1) is 17.6 Å². The van der Waals surface area contributed by atoms with Crippen molar-refractivity contribution in [3.63, 3.8) is 0 Å². The summed E-state index contributed by atoms with van der Waals surface area (Å²) in [6.45, 7) is 5.47. The summed E-state index contributed by atoms with van der Waals surface area (Å²) in [7, 11) is 0. The molecule has 0 spiro atoms. The maximum atomic E-state index is 9.68. The van der Waals surface area contributed by atoms with Crippen LogP contribution in [0.5, 0.6) is 0 Å². The lowest BCUT2D eigenvalue weighted by Crippen LogP contribution is -2.36. The maximum Gasteiger partial charge on any atom is 0.0541 e. The monoisotopic (exact) mass is 318 g/mol. The Morgan fingerprint density at radius 1 is 1.14 bits per heavy atom. The van der Waals surface area contributed by atoms with E-state index in [0.717, 1.165) is 32.2 Å². The Labute approximate surface area is 137 Å². The lowest BCUT2D eigenvalue weighted by molar-refractivity contribution is 0.118. The predicted octanol–water partition coefficient (Wildman–Crippen LogP) is 3.62. The first-order valence-electron chi connectivity index (χ1n) is 8.31. The van der Waals surface area contributed by atoms with Gasteiger partial charge in [-0.1, -0.05) is 30.3 Å². The Kier molecular flexibility index (Phi) is 5.11. The van der Waals surface area contributed by atoms with E-state index in [2.05, 4.69) is 53.8 Å². The number of nitrogens with zero attached hydrogens (tertiary/aromatic N) is 1. The number of hydrogen-bond donors (Lipinski definition) is 2. The molecular formula is C18H26N2OS. The van der Waals surface area contributed by atoms with E-state index < -0.39 is 0 Å². The first-order chi connectivity index (χ1) is 10.6. The van der Waals surface area contributed by atoms with Crippen molar-refractivity contribution in [1.29, 1.82) is 0 Å². The summed E-state index contributed by atoms with van der Waals surface area (Å²) in [5.41, 5.74) is 2.65. The second-order valence-corrected chi connectivity index (χ2v) is 7.64. The number of nitrogens with one attached hydrogen (secondary N) is 1. The van der Waals surface area contributed by atoms with Crippen LogP contribution < -0.4 is 5.32 Å². The Morgan fingerprint density at radius 3 is 2.45 bits per heavy atom. The minimum Gasteiger partial charge on any atom is -0.393 e. The van der Waals surface area contributed by atoms with E-state index >= 15 is 0 Å². The van der Waals surface area contributed by atoms with Crippen LogP contribution in [-0.2, 0) is 0 Å². The van der Waals surface area contributed by atoms with E-state index in [9.17, 15) is 5.11 Å². The summed E-state index contributed by atoms with van der Waals surface area (Å²) >= 11 is 1.87. The van der Waals surface area contributed by atoms with Crippen molar-refractivity contribution >= 4 is 16.9 Å². The van der Waals surface area contributed by atoms with Crippen LogP contribution in [0.25, 0.3) is 4.91 Å². The molecule has 2 aliphatic rings. The Balaban J connectivity index is 1.77. The second-order valence-electron chi connectivity index (χ2n) is 6.58. The van der Waals surface area contributed by atoms with Crippen LogP contribution in [0.15, 0.2) is 36.0 Å². The number of hydrogen-bond acceptors (Lipinski definition) is 4. The van der Waals surface area contributed by atoms with Crippen molar-refractivity contribution in [3.8, 4) is 0 Å². The van der Waals surface area contributed by atoms with Gasteiger partial charge < -0.3 is 10.4 Å². The molecule has 0 bridgehead atoms. The molecule has 1 heterocycles. The minimum atomic E-state index is -0.0919. The van der Waals surface area contributed by atoms with Gasteiger partial charge in [-0.3, -0.25) is 0 Å². The highest BCUT2D eigenvalue weighted by molar-refractivity contribution is 8.06. The molecule has 2 N–H and O–H groups in total. The van der Waals surface area contributed by atoms with Crippen molar-refractivity contribution in [1.82, 2.24) is 9.62 Å². The van der Waals surface area contributed by atoms with Crippen molar-refractivity contribution in [3.05, 3.63) is 41.6 Å². The van der Waals surface area contributed by atoms with Gasteiger partial charge in [-0.05, 0) is 57.0 Å². The molecule has 22 heavy (non-hydrogen) atoms. The third kappa shape index (κ3) is 3.67. The van der Waals surface area contributed by atoms with Crippen molar-refractivity contribution < 1.29 is 5.11 Å². The molecule has 0 atom stereocenters. The molecule has 1 aromatic carbocycles. The molecule has 1 saturated carbocycles. The molecule has 120 valence electrons. The van der Waals surface area contributed by atoms with E-state index in [1.807, 2.05) is 11.9 Å². The average Bonchev–Trinajstić information content (AvgIpc) is 2.95. The average molecular weight is 318 g/mol. The summed E-state index contributed by atoms with van der Waals surface area (Å²) in [5, 5.41) is 13.5. The smallest absolute Gasteiger partial charge is 0.0541 e. The summed E-state index contributed by atoms with van der Waals surface area (Å²) in [6.07, 6.45) is 3.89. The largest absolute Gasteiger partial charge is 0.393 e. The Bertz CT molecular complexity index is 521. The molecule has 1 aliphatic carbocycles. The molecule has 0 amide bonds. The van der Waals surface area contributed by atoms with Gasteiger partial charge >= 0.3 is 0 Å². The van der Waals surface area contributed by atoms with Crippen LogP contribution >= 0.6 is 11.9 Å². The minimum absolute atomic E-state index is 0.0919. The van der Waals surface area contributed by atoms with Crippen molar-refractivity contribution in [2.75, 3.05) is 6.54 Å². The summed E-state index contributed by atoms with van der Waals surface area (Å²) < 4.78 is 2.43. The van der Waals surface area contributed by atoms with Crippen LogP contribution in [-0.4, -0.2) is 34.1 Å². The fourth-order valence-corrected chi connectivity index (χ4v) is 4.23. The van der Waals surface area contributed by atoms with Gasteiger partial charge in [0.2, 0.25) is 0 Å². The molecule has 0 saturated heterocycles. The number of aliphatic hydroxyl groups excluding tert-OH is 1. The fraction of sp³-hybridized carbons (Fsp3) is 0.556. The molecule has 0 aromatic heterocycles. The molecule has 1 aromatic rings. The van der Waals surface area contributed by atoms with Gasteiger partial charge in [0, 0.05) is 17.8 Å². The topological polar surface area (TPSA) is 35.5 Å². The zero-order chi connectivity index (χ0) is 15.5. The molecule has 1 fully saturated rings. The van der Waals surface area contributed by atoms with Gasteiger partial charge in [-0.2, -0.15) is 0 Å². The van der Waals surface area contributed by atoms with Gasteiger partial charge in [-0.15, -0.1) is 0 Å². The highest BCUT2D eigenvalue weighted by Crippen LogP contribution is 2.40. The van der Waals surface area contributed by atoms with Crippen molar-refractivity contribution in [2.24, 2.45) is 0 Å². The van der Waals surface area contributed by atoms with Crippen LogP contribution in [0.3, 0.4) is 0 Å². The van der Waals surface area contributed by atoms with Gasteiger partial charge in [0.25, 0.3) is 0 Å². The number of benzene rings is 1. The van der Waals surface area contributed by atoms with E-state index in [4.69, 9.17) is 0 Å². The molecule has 3 nitrogen and oxygen atoms in total. The van der Waals surface area contributed by atoms with Gasteiger partial charge in [0.15, 0.2) is 0 Å². The molecule has 0 unspecified atom stereocenters.